The summed E-state index contributed by atoms with van der Waals surface area (Å²) in [6.07, 6.45) is 2.24. The Morgan fingerprint density at radius 3 is 3.13 bits per heavy atom. The number of hydrogen-bond donors (Lipinski definition) is 3. The third-order valence-corrected chi connectivity index (χ3v) is 2.65. The molecule has 1 aliphatic carbocycles. The minimum Gasteiger partial charge on any atom is -0.395 e. The Morgan fingerprint density at radius 1 is 1.53 bits per heavy atom. The fraction of sp³-hybridized carbons (Fsp3) is 0.667. The van der Waals surface area contributed by atoms with Crippen molar-refractivity contribution in [3.05, 3.63) is 11.4 Å². The molecule has 1 atom stereocenters. The summed E-state index contributed by atoms with van der Waals surface area (Å²) in [5, 5.41) is 21.9. The lowest BCUT2D eigenvalue weighted by molar-refractivity contribution is -0.125. The number of H-pyrrole nitrogens is 1. The highest BCUT2D eigenvalue weighted by Gasteiger charge is 2.26. The minimum atomic E-state index is -0.0332. The first-order valence-corrected chi connectivity index (χ1v) is 5.08. The molecular weight excluding hydrogens is 196 g/mol. The summed E-state index contributed by atoms with van der Waals surface area (Å²) in [4.78, 5) is 11.6. The molecule has 0 aliphatic heterocycles. The van der Waals surface area contributed by atoms with Crippen LogP contribution in [0.15, 0.2) is 0 Å². The highest BCUT2D eigenvalue weighted by atomic mass is 16.3. The zero-order valence-corrected chi connectivity index (χ0v) is 8.36. The number of aryl methyl sites for hydroxylation is 1. The predicted octanol–water partition coefficient (Wildman–Crippen LogP) is -0.982. The van der Waals surface area contributed by atoms with E-state index in [-0.39, 0.29) is 18.4 Å². The Labute approximate surface area is 87.1 Å². The van der Waals surface area contributed by atoms with Crippen LogP contribution in [0.5, 0.6) is 0 Å². The van der Waals surface area contributed by atoms with Crippen LogP contribution in [0.4, 0.5) is 0 Å². The van der Waals surface area contributed by atoms with Crippen molar-refractivity contribution in [3.8, 4) is 0 Å². The van der Waals surface area contributed by atoms with Gasteiger partial charge < -0.3 is 10.4 Å². The highest BCUT2D eigenvalue weighted by molar-refractivity contribution is 5.79. The van der Waals surface area contributed by atoms with Gasteiger partial charge in [0.1, 0.15) is 0 Å². The summed E-state index contributed by atoms with van der Waals surface area (Å²) in [5.41, 5.74) is 1.87. The number of hydrogen-bond acceptors (Lipinski definition) is 4. The maximum absolute atomic E-state index is 11.6. The number of carbonyl (C=O) groups is 1. The number of nitrogens with zero attached hydrogens (tertiary/aromatic N) is 2. The van der Waals surface area contributed by atoms with Crippen LogP contribution in [0.25, 0.3) is 0 Å². The van der Waals surface area contributed by atoms with E-state index < -0.39 is 0 Å². The van der Waals surface area contributed by atoms with Crippen molar-refractivity contribution in [1.29, 1.82) is 0 Å². The Bertz CT molecular complexity index is 350. The number of aliphatic hydroxyl groups is 1. The summed E-state index contributed by atoms with van der Waals surface area (Å²) in [6, 6.07) is 0. The largest absolute Gasteiger partial charge is 0.395 e. The second kappa shape index (κ2) is 4.39. The van der Waals surface area contributed by atoms with Crippen LogP contribution in [-0.4, -0.2) is 39.6 Å². The molecule has 0 saturated carbocycles. The summed E-state index contributed by atoms with van der Waals surface area (Å²) in [6.45, 7) is 0.300. The van der Waals surface area contributed by atoms with Crippen LogP contribution in [0.3, 0.4) is 0 Å². The van der Waals surface area contributed by atoms with Crippen molar-refractivity contribution >= 4 is 5.91 Å². The van der Waals surface area contributed by atoms with Gasteiger partial charge in [0.15, 0.2) is 0 Å². The first-order chi connectivity index (χ1) is 7.31. The van der Waals surface area contributed by atoms with Crippen molar-refractivity contribution < 1.29 is 9.90 Å². The number of fused-ring (bicyclic) bond motifs is 1. The molecule has 1 aromatic rings. The van der Waals surface area contributed by atoms with Crippen LogP contribution in [-0.2, 0) is 17.6 Å². The highest BCUT2D eigenvalue weighted by Crippen LogP contribution is 2.21. The molecule has 15 heavy (non-hydrogen) atoms. The Balaban J connectivity index is 1.94. The lowest BCUT2D eigenvalue weighted by atomic mass is 9.89. The minimum absolute atomic E-state index is 0.00213. The number of amides is 1. The van der Waals surface area contributed by atoms with Crippen molar-refractivity contribution in [2.24, 2.45) is 5.92 Å². The standard InChI is InChI=1S/C9H14N4O2/c14-4-3-10-9(15)6-1-2-7-8(5-6)12-13-11-7/h6,14H,1-5H2,(H,10,15)(H,11,12,13). The van der Waals surface area contributed by atoms with E-state index in [1.807, 2.05) is 0 Å². The fourth-order valence-electron chi connectivity index (χ4n) is 1.83. The first-order valence-electron chi connectivity index (χ1n) is 5.08. The van der Waals surface area contributed by atoms with Gasteiger partial charge in [0.2, 0.25) is 5.91 Å². The van der Waals surface area contributed by atoms with E-state index in [9.17, 15) is 4.79 Å². The fourth-order valence-corrected chi connectivity index (χ4v) is 1.83. The van der Waals surface area contributed by atoms with E-state index in [0.717, 1.165) is 24.2 Å². The molecule has 0 fully saturated rings. The summed E-state index contributed by atoms with van der Waals surface area (Å²) < 4.78 is 0. The third-order valence-electron chi connectivity index (χ3n) is 2.65. The number of rotatable bonds is 3. The van der Waals surface area contributed by atoms with Crippen molar-refractivity contribution in [2.75, 3.05) is 13.2 Å². The topological polar surface area (TPSA) is 90.9 Å². The molecule has 1 unspecified atom stereocenters. The Hall–Kier alpha value is -1.43. The van der Waals surface area contributed by atoms with Crippen LogP contribution in [0.1, 0.15) is 17.8 Å². The lowest BCUT2D eigenvalue weighted by Gasteiger charge is -2.19. The molecule has 2 rings (SSSR count). The number of aliphatic hydroxyl groups excluding tert-OH is 1. The molecule has 1 amide bonds. The molecule has 0 saturated heterocycles. The second-order valence-corrected chi connectivity index (χ2v) is 3.67. The number of carbonyl (C=O) groups excluding carboxylic acids is 1. The molecule has 0 bridgehead atoms. The van der Waals surface area contributed by atoms with Gasteiger partial charge in [0.25, 0.3) is 0 Å². The average molecular weight is 210 g/mol. The molecule has 3 N–H and O–H groups in total. The quantitative estimate of drug-likeness (QED) is 0.598. The van der Waals surface area contributed by atoms with Gasteiger partial charge in [-0.05, 0) is 12.8 Å². The molecule has 0 aromatic carbocycles. The summed E-state index contributed by atoms with van der Waals surface area (Å²) in [7, 11) is 0. The van der Waals surface area contributed by atoms with Gasteiger partial charge in [-0.15, -0.1) is 0 Å². The van der Waals surface area contributed by atoms with E-state index in [1.165, 1.54) is 0 Å². The first kappa shape index (κ1) is 10.1. The monoisotopic (exact) mass is 210 g/mol. The van der Waals surface area contributed by atoms with E-state index >= 15 is 0 Å². The average Bonchev–Trinajstić information content (AvgIpc) is 2.72. The van der Waals surface area contributed by atoms with Crippen molar-refractivity contribution in [1.82, 2.24) is 20.7 Å². The smallest absolute Gasteiger partial charge is 0.223 e. The van der Waals surface area contributed by atoms with E-state index in [0.29, 0.717) is 13.0 Å². The van der Waals surface area contributed by atoms with Crippen LogP contribution < -0.4 is 5.32 Å². The van der Waals surface area contributed by atoms with Crippen LogP contribution >= 0.6 is 0 Å². The molecule has 0 radical (unpaired) electrons. The second-order valence-electron chi connectivity index (χ2n) is 3.67. The molecule has 1 heterocycles. The molecule has 6 heteroatoms. The zero-order valence-electron chi connectivity index (χ0n) is 8.36. The van der Waals surface area contributed by atoms with E-state index in [4.69, 9.17) is 5.11 Å². The molecular formula is C9H14N4O2. The van der Waals surface area contributed by atoms with Crippen molar-refractivity contribution in [3.63, 3.8) is 0 Å². The van der Waals surface area contributed by atoms with Gasteiger partial charge in [0, 0.05) is 18.9 Å². The maximum atomic E-state index is 11.6. The number of aromatic nitrogens is 3. The van der Waals surface area contributed by atoms with Gasteiger partial charge in [0.05, 0.1) is 18.0 Å². The predicted molar refractivity (Wildman–Crippen MR) is 52.0 cm³/mol. The third kappa shape index (κ3) is 2.15. The van der Waals surface area contributed by atoms with Crippen LogP contribution in [0, 0.1) is 5.92 Å². The van der Waals surface area contributed by atoms with Gasteiger partial charge in [-0.3, -0.25) is 4.79 Å². The molecule has 0 spiro atoms. The normalized spacial score (nSPS) is 19.7. The van der Waals surface area contributed by atoms with Gasteiger partial charge >= 0.3 is 0 Å². The zero-order chi connectivity index (χ0) is 10.7. The van der Waals surface area contributed by atoms with Gasteiger partial charge in [-0.25, -0.2) is 0 Å². The SMILES string of the molecule is O=C(NCCO)C1CCc2n[nH]nc2C1. The summed E-state index contributed by atoms with van der Waals surface area (Å²) >= 11 is 0. The molecule has 1 aliphatic rings. The van der Waals surface area contributed by atoms with E-state index in [2.05, 4.69) is 20.7 Å². The van der Waals surface area contributed by atoms with E-state index in [1.54, 1.807) is 0 Å². The number of aromatic amines is 1. The Morgan fingerprint density at radius 2 is 2.33 bits per heavy atom. The van der Waals surface area contributed by atoms with Crippen LogP contribution in [0.2, 0.25) is 0 Å². The Kier molecular flexibility index (Phi) is 2.96. The van der Waals surface area contributed by atoms with Gasteiger partial charge in [-0.2, -0.15) is 15.4 Å². The molecule has 6 nitrogen and oxygen atoms in total. The summed E-state index contributed by atoms with van der Waals surface area (Å²) in [5.74, 6) is -0.0353. The van der Waals surface area contributed by atoms with Gasteiger partial charge in [-0.1, -0.05) is 0 Å². The molecule has 1 aromatic heterocycles. The van der Waals surface area contributed by atoms with Crippen molar-refractivity contribution in [2.45, 2.75) is 19.3 Å². The maximum Gasteiger partial charge on any atom is 0.223 e. The lowest BCUT2D eigenvalue weighted by Crippen LogP contribution is -2.35. The molecule has 82 valence electrons. The number of nitrogens with one attached hydrogen (secondary N) is 2.